The van der Waals surface area contributed by atoms with E-state index in [1.807, 2.05) is 6.07 Å². The first-order chi connectivity index (χ1) is 17.4. The molecule has 1 amide bonds. The molecule has 1 atom stereocenters. The molecule has 0 aliphatic carbocycles. The molecule has 12 heteroatoms. The van der Waals surface area contributed by atoms with E-state index in [4.69, 9.17) is 25.9 Å². The predicted molar refractivity (Wildman–Crippen MR) is 135 cm³/mol. The van der Waals surface area contributed by atoms with E-state index >= 15 is 0 Å². The highest BCUT2D eigenvalue weighted by Gasteiger charge is 2.22. The number of methoxy groups -OCH3 is 1. The maximum absolute atomic E-state index is 11.6. The van der Waals surface area contributed by atoms with Gasteiger partial charge < -0.3 is 25.8 Å². The van der Waals surface area contributed by atoms with Crippen molar-refractivity contribution in [3.8, 4) is 17.6 Å². The number of anilines is 2. The SMILES string of the molecule is COc1cc(OCC#N)cc(C(Nc2ccc(C(=N)N)cc2)/C(=N/N(C)c2ncccn2)NC=O)c1. The lowest BCUT2D eigenvalue weighted by Gasteiger charge is -2.24. The van der Waals surface area contributed by atoms with Gasteiger partial charge in [-0.2, -0.15) is 10.4 Å². The molecule has 2 aromatic carbocycles. The van der Waals surface area contributed by atoms with Gasteiger partial charge in [0, 0.05) is 36.8 Å². The second-order valence-corrected chi connectivity index (χ2v) is 7.28. The van der Waals surface area contributed by atoms with Crippen molar-refractivity contribution in [2.24, 2.45) is 10.8 Å². The van der Waals surface area contributed by atoms with Crippen LogP contribution in [0.3, 0.4) is 0 Å². The van der Waals surface area contributed by atoms with Crippen LogP contribution in [0.15, 0.2) is 66.0 Å². The van der Waals surface area contributed by atoms with Gasteiger partial charge >= 0.3 is 0 Å². The summed E-state index contributed by atoms with van der Waals surface area (Å²) in [7, 11) is 3.16. The number of nitrogens with one attached hydrogen (secondary N) is 3. The van der Waals surface area contributed by atoms with Crippen LogP contribution in [0, 0.1) is 16.7 Å². The first kappa shape index (κ1) is 25.4. The highest BCUT2D eigenvalue weighted by atomic mass is 16.5. The van der Waals surface area contributed by atoms with Gasteiger partial charge in [-0.05, 0) is 48.0 Å². The fourth-order valence-electron chi connectivity index (χ4n) is 3.19. The molecule has 0 saturated heterocycles. The number of nitrogen functional groups attached to an aromatic ring is 1. The second-order valence-electron chi connectivity index (χ2n) is 7.28. The van der Waals surface area contributed by atoms with Crippen LogP contribution in [-0.4, -0.2) is 48.8 Å². The highest BCUT2D eigenvalue weighted by molar-refractivity contribution is 5.98. The summed E-state index contributed by atoms with van der Waals surface area (Å²) < 4.78 is 10.9. The number of amidine groups is 2. The second kappa shape index (κ2) is 12.3. The lowest BCUT2D eigenvalue weighted by atomic mass is 10.0. The number of rotatable bonds is 11. The van der Waals surface area contributed by atoms with E-state index in [2.05, 4.69) is 25.7 Å². The fraction of sp³-hybridized carbons (Fsp3) is 0.167. The summed E-state index contributed by atoms with van der Waals surface area (Å²) in [5.41, 5.74) is 7.41. The van der Waals surface area contributed by atoms with Crippen molar-refractivity contribution in [3.05, 3.63) is 72.1 Å². The Hall–Kier alpha value is -5.18. The number of hydrazone groups is 1. The van der Waals surface area contributed by atoms with Crippen LogP contribution < -0.4 is 30.8 Å². The number of nitrogens with zero attached hydrogens (tertiary/aromatic N) is 5. The molecule has 3 rings (SSSR count). The summed E-state index contributed by atoms with van der Waals surface area (Å²) in [5, 5.41) is 28.5. The molecule has 0 bridgehead atoms. The fourth-order valence-corrected chi connectivity index (χ4v) is 3.19. The van der Waals surface area contributed by atoms with Gasteiger partial charge in [-0.15, -0.1) is 0 Å². The molecule has 0 aliphatic rings. The number of amides is 1. The number of hydrogen-bond acceptors (Lipinski definition) is 10. The van der Waals surface area contributed by atoms with Crippen molar-refractivity contribution < 1.29 is 14.3 Å². The normalized spacial score (nSPS) is 11.5. The zero-order valence-corrected chi connectivity index (χ0v) is 19.7. The van der Waals surface area contributed by atoms with E-state index in [9.17, 15) is 4.79 Å². The smallest absolute Gasteiger partial charge is 0.245 e. The monoisotopic (exact) mass is 487 g/mol. The maximum Gasteiger partial charge on any atom is 0.245 e. The molecule has 5 N–H and O–H groups in total. The molecule has 36 heavy (non-hydrogen) atoms. The summed E-state index contributed by atoms with van der Waals surface area (Å²) >= 11 is 0. The third-order valence-electron chi connectivity index (χ3n) is 4.86. The minimum Gasteiger partial charge on any atom is -0.497 e. The molecule has 0 saturated carbocycles. The molecule has 12 nitrogen and oxygen atoms in total. The molecule has 0 fully saturated rings. The van der Waals surface area contributed by atoms with Crippen LogP contribution in [0.25, 0.3) is 0 Å². The van der Waals surface area contributed by atoms with Crippen molar-refractivity contribution in [2.45, 2.75) is 6.04 Å². The van der Waals surface area contributed by atoms with Gasteiger partial charge in [0.15, 0.2) is 12.4 Å². The van der Waals surface area contributed by atoms with Crippen molar-refractivity contribution in [2.75, 3.05) is 31.1 Å². The van der Waals surface area contributed by atoms with Gasteiger partial charge in [-0.25, -0.2) is 15.0 Å². The maximum atomic E-state index is 11.6. The van der Waals surface area contributed by atoms with Crippen molar-refractivity contribution in [3.63, 3.8) is 0 Å². The zero-order valence-electron chi connectivity index (χ0n) is 19.7. The Balaban J connectivity index is 2.10. The molecule has 1 heterocycles. The van der Waals surface area contributed by atoms with E-state index in [1.165, 1.54) is 12.1 Å². The van der Waals surface area contributed by atoms with E-state index < -0.39 is 6.04 Å². The minimum atomic E-state index is -0.718. The lowest BCUT2D eigenvalue weighted by molar-refractivity contribution is -0.108. The van der Waals surface area contributed by atoms with Crippen LogP contribution in [0.4, 0.5) is 11.6 Å². The summed E-state index contributed by atoms with van der Waals surface area (Å²) in [6, 6.07) is 14.9. The Labute approximate surface area is 207 Å². The molecule has 1 unspecified atom stereocenters. The Bertz CT molecular complexity index is 1260. The molecule has 0 radical (unpaired) electrons. The van der Waals surface area contributed by atoms with E-state index in [0.29, 0.717) is 40.7 Å². The summed E-state index contributed by atoms with van der Waals surface area (Å²) in [4.78, 5) is 19.9. The van der Waals surface area contributed by atoms with E-state index in [-0.39, 0.29) is 18.3 Å². The number of carbonyl (C=O) groups excluding carboxylic acids is 1. The Morgan fingerprint density at radius 2 is 1.94 bits per heavy atom. The largest absolute Gasteiger partial charge is 0.497 e. The topological polar surface area (TPSA) is 175 Å². The third-order valence-corrected chi connectivity index (χ3v) is 4.86. The number of carbonyl (C=O) groups is 1. The molecule has 3 aromatic rings. The van der Waals surface area contributed by atoms with Gasteiger partial charge in [-0.1, -0.05) is 0 Å². The van der Waals surface area contributed by atoms with Crippen LogP contribution in [0.1, 0.15) is 17.2 Å². The Kier molecular flexibility index (Phi) is 8.71. The highest BCUT2D eigenvalue weighted by Crippen LogP contribution is 2.30. The standard InChI is InChI=1S/C24H25N9O3/c1-33(24-28-9-3-10-29-24)32-23(30-15-34)21(31-18-6-4-16(5-7-18)22(26)27)17-12-19(35-2)14-20(13-17)36-11-8-25/h3-7,9-10,12-15,21,31H,11H2,1-2H3,(H3,26,27)(H,30,32,34). The summed E-state index contributed by atoms with van der Waals surface area (Å²) in [5.74, 6) is 1.35. The Morgan fingerprint density at radius 3 is 2.56 bits per heavy atom. The summed E-state index contributed by atoms with van der Waals surface area (Å²) in [6.07, 6.45) is 3.67. The first-order valence-electron chi connectivity index (χ1n) is 10.6. The van der Waals surface area contributed by atoms with Crippen LogP contribution in [-0.2, 0) is 4.79 Å². The molecule has 1 aromatic heterocycles. The summed E-state index contributed by atoms with van der Waals surface area (Å²) in [6.45, 7) is -0.154. The van der Waals surface area contributed by atoms with Crippen molar-refractivity contribution >= 4 is 29.7 Å². The molecule has 0 aliphatic heterocycles. The average Bonchev–Trinajstić information content (AvgIpc) is 2.90. The predicted octanol–water partition coefficient (Wildman–Crippen LogP) is 2.02. The molecule has 0 spiro atoms. The third kappa shape index (κ3) is 6.67. The van der Waals surface area contributed by atoms with E-state index in [1.54, 1.807) is 68.0 Å². The number of hydrogen-bond donors (Lipinski definition) is 4. The number of aromatic nitrogens is 2. The molecular weight excluding hydrogens is 462 g/mol. The van der Waals surface area contributed by atoms with Crippen LogP contribution in [0.2, 0.25) is 0 Å². The number of ether oxygens (including phenoxy) is 2. The quantitative estimate of drug-likeness (QED) is 0.136. The molecular formula is C24H25N9O3. The van der Waals surface area contributed by atoms with Crippen LogP contribution in [0.5, 0.6) is 11.5 Å². The molecule has 184 valence electrons. The van der Waals surface area contributed by atoms with Gasteiger partial charge in [0.2, 0.25) is 12.4 Å². The number of nitrogens with two attached hydrogens (primary N) is 1. The van der Waals surface area contributed by atoms with E-state index in [0.717, 1.165) is 0 Å². The first-order valence-corrected chi connectivity index (χ1v) is 10.6. The minimum absolute atomic E-state index is 0.0560. The van der Waals surface area contributed by atoms with Crippen molar-refractivity contribution in [1.29, 1.82) is 10.7 Å². The van der Waals surface area contributed by atoms with Crippen LogP contribution >= 0.6 is 0 Å². The van der Waals surface area contributed by atoms with Gasteiger partial charge in [0.25, 0.3) is 0 Å². The number of benzene rings is 2. The lowest BCUT2D eigenvalue weighted by Crippen LogP contribution is -2.35. The van der Waals surface area contributed by atoms with Gasteiger partial charge in [0.05, 0.1) is 7.11 Å². The zero-order chi connectivity index (χ0) is 25.9. The average molecular weight is 488 g/mol. The number of nitriles is 1. The Morgan fingerprint density at radius 1 is 1.25 bits per heavy atom. The van der Waals surface area contributed by atoms with Gasteiger partial charge in [0.1, 0.15) is 29.4 Å². The van der Waals surface area contributed by atoms with Gasteiger partial charge in [-0.3, -0.25) is 10.2 Å². The van der Waals surface area contributed by atoms with Crippen molar-refractivity contribution in [1.82, 2.24) is 15.3 Å².